The molecule has 1 aliphatic heterocycles. The van der Waals surface area contributed by atoms with Crippen molar-refractivity contribution in [3.05, 3.63) is 17.6 Å². The lowest BCUT2D eigenvalue weighted by Gasteiger charge is -2.21. The van der Waals surface area contributed by atoms with Gasteiger partial charge in [-0.05, 0) is 12.8 Å². The summed E-state index contributed by atoms with van der Waals surface area (Å²) in [5.41, 5.74) is 1.68. The molecule has 1 saturated heterocycles. The fourth-order valence-corrected chi connectivity index (χ4v) is 2.60. The Morgan fingerprint density at radius 2 is 2.26 bits per heavy atom. The fourth-order valence-electron chi connectivity index (χ4n) is 2.60. The molecular formula is C15H23FN4O3. The second kappa shape index (κ2) is 8.05. The summed E-state index contributed by atoms with van der Waals surface area (Å²) in [6.45, 7) is 3.83. The van der Waals surface area contributed by atoms with E-state index in [2.05, 4.69) is 15.3 Å². The molecule has 1 aliphatic rings. The van der Waals surface area contributed by atoms with E-state index in [1.165, 1.54) is 4.90 Å². The molecule has 0 unspecified atom stereocenters. The molecule has 0 aliphatic carbocycles. The number of hydrogen-bond donors (Lipinski definition) is 2. The van der Waals surface area contributed by atoms with E-state index in [0.717, 1.165) is 17.8 Å². The van der Waals surface area contributed by atoms with E-state index < -0.39 is 18.9 Å². The molecule has 2 N–H and O–H groups in total. The van der Waals surface area contributed by atoms with Gasteiger partial charge >= 0.3 is 6.09 Å². The Hall–Kier alpha value is -1.96. The molecule has 1 aromatic heterocycles. The van der Waals surface area contributed by atoms with E-state index in [1.54, 1.807) is 6.20 Å². The number of likely N-dealkylation sites (tertiary alicyclic amines) is 1. The van der Waals surface area contributed by atoms with Gasteiger partial charge in [0.15, 0.2) is 0 Å². The smallest absolute Gasteiger partial charge is 0.407 e. The highest BCUT2D eigenvalue weighted by Gasteiger charge is 2.36. The zero-order chi connectivity index (χ0) is 16.8. The van der Waals surface area contributed by atoms with Crippen LogP contribution in [0.3, 0.4) is 0 Å². The van der Waals surface area contributed by atoms with Crippen LogP contribution in [-0.4, -0.2) is 64.6 Å². The predicted octanol–water partition coefficient (Wildman–Crippen LogP) is 1.73. The summed E-state index contributed by atoms with van der Waals surface area (Å²) in [6.07, 6.45) is 1.81. The number of aryl methyl sites for hydroxylation is 2. The number of alkyl halides is 1. The van der Waals surface area contributed by atoms with Crippen LogP contribution in [-0.2, 0) is 17.6 Å². The molecule has 2 heterocycles. The van der Waals surface area contributed by atoms with Crippen molar-refractivity contribution in [3.8, 4) is 0 Å². The van der Waals surface area contributed by atoms with Crippen molar-refractivity contribution in [3.63, 3.8) is 0 Å². The van der Waals surface area contributed by atoms with Crippen LogP contribution in [0.4, 0.5) is 15.0 Å². The van der Waals surface area contributed by atoms with Gasteiger partial charge < -0.3 is 20.1 Å². The van der Waals surface area contributed by atoms with E-state index in [1.807, 2.05) is 13.8 Å². The van der Waals surface area contributed by atoms with Crippen molar-refractivity contribution in [1.29, 1.82) is 0 Å². The number of rotatable bonds is 7. The highest BCUT2D eigenvalue weighted by Crippen LogP contribution is 2.20. The molecule has 7 nitrogen and oxygen atoms in total. The number of ether oxygens (including phenoxy) is 1. The molecule has 1 amide bonds. The molecule has 8 heteroatoms. The van der Waals surface area contributed by atoms with E-state index in [-0.39, 0.29) is 25.7 Å². The van der Waals surface area contributed by atoms with Gasteiger partial charge in [-0.1, -0.05) is 13.8 Å². The third kappa shape index (κ3) is 4.28. The van der Waals surface area contributed by atoms with Crippen molar-refractivity contribution >= 4 is 11.9 Å². The first kappa shape index (κ1) is 17.4. The Kier molecular flexibility index (Phi) is 6.09. The maximum absolute atomic E-state index is 12.4. The molecule has 0 aromatic carbocycles. The van der Waals surface area contributed by atoms with Gasteiger partial charge in [-0.25, -0.2) is 14.2 Å². The van der Waals surface area contributed by atoms with E-state index in [0.29, 0.717) is 12.2 Å². The lowest BCUT2D eigenvalue weighted by Crippen LogP contribution is -2.35. The van der Waals surface area contributed by atoms with Gasteiger partial charge in [0.05, 0.1) is 36.7 Å². The zero-order valence-corrected chi connectivity index (χ0v) is 13.5. The van der Waals surface area contributed by atoms with Crippen LogP contribution < -0.4 is 5.32 Å². The van der Waals surface area contributed by atoms with Crippen molar-refractivity contribution in [2.24, 2.45) is 0 Å². The SMILES string of the molecule is CCc1cnc(CC)c(N[C@@H]2CN(C(=O)O)C[C@@H]2OCCF)n1. The number of amides is 1. The molecule has 2 rings (SSSR count). The van der Waals surface area contributed by atoms with Crippen molar-refractivity contribution in [2.75, 3.05) is 31.7 Å². The van der Waals surface area contributed by atoms with Crippen LogP contribution in [0.1, 0.15) is 25.2 Å². The first-order valence-electron chi connectivity index (χ1n) is 7.85. The van der Waals surface area contributed by atoms with Gasteiger partial charge in [0.1, 0.15) is 12.5 Å². The third-order valence-corrected chi connectivity index (χ3v) is 3.86. The quantitative estimate of drug-likeness (QED) is 0.793. The number of halogens is 1. The lowest BCUT2D eigenvalue weighted by molar-refractivity contribution is 0.0452. The summed E-state index contributed by atoms with van der Waals surface area (Å²) in [5.74, 6) is 0.651. The monoisotopic (exact) mass is 326 g/mol. The Morgan fingerprint density at radius 3 is 2.87 bits per heavy atom. The molecule has 0 bridgehead atoms. The highest BCUT2D eigenvalue weighted by molar-refractivity contribution is 5.66. The Balaban J connectivity index is 2.16. The molecule has 0 spiro atoms. The second-order valence-electron chi connectivity index (χ2n) is 5.40. The van der Waals surface area contributed by atoms with Gasteiger partial charge in [-0.2, -0.15) is 0 Å². The number of carboxylic acid groups (broad SMARTS) is 1. The van der Waals surface area contributed by atoms with Gasteiger partial charge in [-0.15, -0.1) is 0 Å². The largest absolute Gasteiger partial charge is 0.465 e. The maximum Gasteiger partial charge on any atom is 0.407 e. The summed E-state index contributed by atoms with van der Waals surface area (Å²) in [7, 11) is 0. The number of carbonyl (C=O) groups is 1. The average Bonchev–Trinajstić information content (AvgIpc) is 2.96. The zero-order valence-electron chi connectivity index (χ0n) is 13.5. The normalized spacial score (nSPS) is 20.7. The molecule has 23 heavy (non-hydrogen) atoms. The van der Waals surface area contributed by atoms with Gasteiger partial charge in [-0.3, -0.25) is 4.98 Å². The summed E-state index contributed by atoms with van der Waals surface area (Å²) >= 11 is 0. The summed E-state index contributed by atoms with van der Waals surface area (Å²) < 4.78 is 17.8. The Bertz CT molecular complexity index is 543. The Morgan fingerprint density at radius 1 is 1.48 bits per heavy atom. The molecule has 1 aromatic rings. The fraction of sp³-hybridized carbons (Fsp3) is 0.667. The first-order chi connectivity index (χ1) is 11.1. The van der Waals surface area contributed by atoms with E-state index >= 15 is 0 Å². The third-order valence-electron chi connectivity index (χ3n) is 3.86. The minimum atomic E-state index is -1.01. The van der Waals surface area contributed by atoms with Crippen molar-refractivity contribution in [1.82, 2.24) is 14.9 Å². The molecular weight excluding hydrogens is 303 g/mol. The van der Waals surface area contributed by atoms with Crippen LogP contribution in [0, 0.1) is 0 Å². The van der Waals surface area contributed by atoms with Crippen LogP contribution in [0.15, 0.2) is 6.20 Å². The maximum atomic E-state index is 12.4. The van der Waals surface area contributed by atoms with Crippen molar-refractivity contribution in [2.45, 2.75) is 38.8 Å². The highest BCUT2D eigenvalue weighted by atomic mass is 19.1. The first-order valence-corrected chi connectivity index (χ1v) is 7.85. The van der Waals surface area contributed by atoms with Crippen LogP contribution >= 0.6 is 0 Å². The van der Waals surface area contributed by atoms with E-state index in [9.17, 15) is 9.18 Å². The molecule has 0 radical (unpaired) electrons. The minimum Gasteiger partial charge on any atom is -0.465 e. The molecule has 128 valence electrons. The van der Waals surface area contributed by atoms with Gasteiger partial charge in [0.2, 0.25) is 0 Å². The topological polar surface area (TPSA) is 87.6 Å². The minimum absolute atomic E-state index is 0.0440. The van der Waals surface area contributed by atoms with Crippen LogP contribution in [0.2, 0.25) is 0 Å². The van der Waals surface area contributed by atoms with Gasteiger partial charge in [0.25, 0.3) is 0 Å². The summed E-state index contributed by atoms with van der Waals surface area (Å²) in [4.78, 5) is 21.4. The number of nitrogens with one attached hydrogen (secondary N) is 1. The van der Waals surface area contributed by atoms with Crippen LogP contribution in [0.25, 0.3) is 0 Å². The number of hydrogen-bond acceptors (Lipinski definition) is 5. The number of nitrogens with zero attached hydrogens (tertiary/aromatic N) is 3. The molecule has 0 saturated carbocycles. The van der Waals surface area contributed by atoms with Gasteiger partial charge in [0, 0.05) is 12.7 Å². The summed E-state index contributed by atoms with van der Waals surface area (Å²) in [5, 5.41) is 12.4. The summed E-state index contributed by atoms with van der Waals surface area (Å²) in [6, 6.07) is -0.274. The lowest BCUT2D eigenvalue weighted by atomic mass is 10.2. The van der Waals surface area contributed by atoms with Crippen LogP contribution in [0.5, 0.6) is 0 Å². The number of aromatic nitrogens is 2. The standard InChI is InChI=1S/C15H23FN4O3/c1-3-10-7-17-11(4-2)14(18-10)19-12-8-20(15(21)22)9-13(12)23-6-5-16/h7,12-13H,3-6,8-9H2,1-2H3,(H,18,19)(H,21,22)/t12-,13+/m1/s1. The van der Waals surface area contributed by atoms with Crippen molar-refractivity contribution < 1.29 is 19.0 Å². The van der Waals surface area contributed by atoms with E-state index in [4.69, 9.17) is 9.84 Å². The molecule has 2 atom stereocenters. The number of anilines is 1. The average molecular weight is 326 g/mol. The molecule has 1 fully saturated rings. The Labute approximate surface area is 134 Å². The predicted molar refractivity (Wildman–Crippen MR) is 83.5 cm³/mol. The second-order valence-corrected chi connectivity index (χ2v) is 5.40.